The van der Waals surface area contributed by atoms with Crippen molar-refractivity contribution < 1.29 is 14.3 Å². The maximum atomic E-state index is 14.0. The van der Waals surface area contributed by atoms with E-state index in [-0.39, 0.29) is 23.3 Å². The Kier molecular flexibility index (Phi) is 9.91. The number of amides is 2. The van der Waals surface area contributed by atoms with E-state index in [2.05, 4.69) is 24.1 Å². The third-order valence-corrected chi connectivity index (χ3v) is 9.26. The van der Waals surface area contributed by atoms with Crippen LogP contribution in [0.3, 0.4) is 0 Å². The van der Waals surface area contributed by atoms with Crippen molar-refractivity contribution in [3.8, 4) is 0 Å². The van der Waals surface area contributed by atoms with Crippen LogP contribution in [-0.2, 0) is 14.3 Å². The molecule has 4 fully saturated rings. The van der Waals surface area contributed by atoms with Gasteiger partial charge in [0.2, 0.25) is 11.8 Å². The molecule has 6 nitrogen and oxygen atoms in total. The van der Waals surface area contributed by atoms with Gasteiger partial charge in [0, 0.05) is 19.7 Å². The van der Waals surface area contributed by atoms with Gasteiger partial charge in [-0.3, -0.25) is 9.59 Å². The SMILES string of the molecule is CC(C)C[C@@H]1NC(=O)C2(CCCCCOC[C@@H]3CCCN3C1=O)CCN(CC1CCCCC1)CC2. The molecule has 0 bridgehead atoms. The highest BCUT2D eigenvalue weighted by atomic mass is 16.5. The van der Waals surface area contributed by atoms with Crippen LogP contribution in [0.4, 0.5) is 0 Å². The van der Waals surface area contributed by atoms with Crippen molar-refractivity contribution in [1.82, 2.24) is 15.1 Å². The van der Waals surface area contributed by atoms with Crippen LogP contribution >= 0.6 is 0 Å². The molecule has 3 aliphatic heterocycles. The number of carbonyl (C=O) groups excluding carboxylic acids is 2. The Morgan fingerprint density at radius 3 is 2.40 bits per heavy atom. The molecule has 0 aromatic rings. The number of nitrogens with zero attached hydrogens (tertiary/aromatic N) is 2. The van der Waals surface area contributed by atoms with Gasteiger partial charge in [-0.15, -0.1) is 0 Å². The van der Waals surface area contributed by atoms with Crippen molar-refractivity contribution in [3.63, 3.8) is 0 Å². The van der Waals surface area contributed by atoms with Gasteiger partial charge < -0.3 is 19.9 Å². The number of piperidine rings is 1. The zero-order chi connectivity index (χ0) is 24.7. The molecule has 2 atom stereocenters. The third-order valence-electron chi connectivity index (χ3n) is 9.26. The van der Waals surface area contributed by atoms with Crippen molar-refractivity contribution in [1.29, 1.82) is 0 Å². The number of rotatable bonds is 4. The Morgan fingerprint density at radius 1 is 0.914 bits per heavy atom. The van der Waals surface area contributed by atoms with Crippen LogP contribution in [0.2, 0.25) is 0 Å². The molecule has 0 radical (unpaired) electrons. The number of hydrogen-bond acceptors (Lipinski definition) is 4. The number of likely N-dealkylation sites (tertiary alicyclic amines) is 1. The second-order valence-corrected chi connectivity index (χ2v) is 12.5. The maximum Gasteiger partial charge on any atom is 0.245 e. The molecule has 1 saturated carbocycles. The fourth-order valence-electron chi connectivity index (χ4n) is 7.06. The molecule has 0 aromatic heterocycles. The average Bonchev–Trinajstić information content (AvgIpc) is 3.32. The van der Waals surface area contributed by atoms with Gasteiger partial charge in [0.15, 0.2) is 0 Å². The molecule has 1 N–H and O–H groups in total. The third kappa shape index (κ3) is 7.21. The molecule has 3 saturated heterocycles. The van der Waals surface area contributed by atoms with Gasteiger partial charge in [0.05, 0.1) is 18.1 Å². The van der Waals surface area contributed by atoms with Crippen LogP contribution in [0, 0.1) is 17.3 Å². The van der Waals surface area contributed by atoms with E-state index in [4.69, 9.17) is 4.74 Å². The van der Waals surface area contributed by atoms with Gasteiger partial charge in [-0.2, -0.15) is 0 Å². The molecule has 1 spiro atoms. The molecule has 200 valence electrons. The monoisotopic (exact) mass is 489 g/mol. The fourth-order valence-corrected chi connectivity index (χ4v) is 7.06. The first-order valence-corrected chi connectivity index (χ1v) is 14.9. The van der Waals surface area contributed by atoms with Gasteiger partial charge in [-0.05, 0) is 82.7 Å². The molecule has 6 heteroatoms. The Morgan fingerprint density at radius 2 is 1.66 bits per heavy atom. The van der Waals surface area contributed by atoms with Crippen LogP contribution in [0.1, 0.15) is 104 Å². The lowest BCUT2D eigenvalue weighted by molar-refractivity contribution is -0.143. The predicted octanol–water partition coefficient (Wildman–Crippen LogP) is 4.76. The summed E-state index contributed by atoms with van der Waals surface area (Å²) in [6, 6.07) is -0.253. The summed E-state index contributed by atoms with van der Waals surface area (Å²) < 4.78 is 6.01. The normalized spacial score (nSPS) is 30.3. The van der Waals surface area contributed by atoms with Crippen molar-refractivity contribution in [2.75, 3.05) is 39.4 Å². The Bertz CT molecular complexity index is 683. The second kappa shape index (κ2) is 12.9. The molecule has 0 unspecified atom stereocenters. The number of fused-ring (bicyclic) bond motifs is 1. The first-order valence-electron chi connectivity index (χ1n) is 14.9. The average molecular weight is 490 g/mol. The molecule has 35 heavy (non-hydrogen) atoms. The van der Waals surface area contributed by atoms with Crippen molar-refractivity contribution >= 4 is 11.8 Å². The van der Waals surface area contributed by atoms with E-state index in [1.54, 1.807) is 0 Å². The van der Waals surface area contributed by atoms with Crippen LogP contribution in [0.25, 0.3) is 0 Å². The summed E-state index contributed by atoms with van der Waals surface area (Å²) in [5.74, 6) is 1.46. The largest absolute Gasteiger partial charge is 0.379 e. The van der Waals surface area contributed by atoms with Crippen molar-refractivity contribution in [2.45, 2.75) is 116 Å². The summed E-state index contributed by atoms with van der Waals surface area (Å²) in [6.45, 7) is 9.73. The number of carbonyl (C=O) groups is 2. The lowest BCUT2D eigenvalue weighted by atomic mass is 9.73. The van der Waals surface area contributed by atoms with Gasteiger partial charge in [-0.1, -0.05) is 46.0 Å². The molecular formula is C29H51N3O3. The van der Waals surface area contributed by atoms with E-state index in [0.29, 0.717) is 18.9 Å². The van der Waals surface area contributed by atoms with E-state index in [1.807, 2.05) is 4.90 Å². The highest BCUT2D eigenvalue weighted by molar-refractivity contribution is 5.90. The van der Waals surface area contributed by atoms with Gasteiger partial charge in [-0.25, -0.2) is 0 Å². The summed E-state index contributed by atoms with van der Waals surface area (Å²) >= 11 is 0. The smallest absolute Gasteiger partial charge is 0.245 e. The molecule has 3 heterocycles. The number of nitrogens with one attached hydrogen (secondary N) is 1. The minimum Gasteiger partial charge on any atom is -0.379 e. The Hall–Kier alpha value is -1.14. The van der Waals surface area contributed by atoms with Gasteiger partial charge >= 0.3 is 0 Å². The van der Waals surface area contributed by atoms with E-state index >= 15 is 0 Å². The zero-order valence-corrected chi connectivity index (χ0v) is 22.6. The van der Waals surface area contributed by atoms with Gasteiger partial charge in [0.25, 0.3) is 0 Å². The summed E-state index contributed by atoms with van der Waals surface area (Å²) in [7, 11) is 0. The predicted molar refractivity (Wildman–Crippen MR) is 140 cm³/mol. The second-order valence-electron chi connectivity index (χ2n) is 12.5. The highest BCUT2D eigenvalue weighted by Crippen LogP contribution is 2.38. The summed E-state index contributed by atoms with van der Waals surface area (Å²) in [4.78, 5) is 32.3. The van der Waals surface area contributed by atoms with Crippen molar-refractivity contribution in [3.05, 3.63) is 0 Å². The van der Waals surface area contributed by atoms with E-state index in [1.165, 1.54) is 38.6 Å². The van der Waals surface area contributed by atoms with Crippen LogP contribution in [-0.4, -0.2) is 73.1 Å². The highest BCUT2D eigenvalue weighted by Gasteiger charge is 2.43. The standard InChI is InChI=1S/C29H51N3O3/c1-23(2)20-26-27(33)32-16-9-12-25(32)22-35-19-8-4-7-13-29(28(34)30-26)14-17-31(18-15-29)21-24-10-5-3-6-11-24/h23-26H,3-22H2,1-2H3,(H,30,34)/t25-,26-/m0/s1. The summed E-state index contributed by atoms with van der Waals surface area (Å²) in [5.41, 5.74) is -0.325. The fraction of sp³-hybridized carbons (Fsp3) is 0.931. The lowest BCUT2D eigenvalue weighted by Crippen LogP contribution is -2.56. The molecule has 4 rings (SSSR count). The lowest BCUT2D eigenvalue weighted by Gasteiger charge is -2.43. The first-order chi connectivity index (χ1) is 17.0. The molecule has 2 amide bonds. The molecule has 4 aliphatic rings. The summed E-state index contributed by atoms with van der Waals surface area (Å²) in [5, 5.41) is 3.33. The number of hydrogen-bond donors (Lipinski definition) is 1. The Balaban J connectivity index is 1.45. The topological polar surface area (TPSA) is 61.9 Å². The first kappa shape index (κ1) is 26.9. The molecule has 1 aliphatic carbocycles. The van der Waals surface area contributed by atoms with Crippen molar-refractivity contribution in [2.24, 2.45) is 17.3 Å². The minimum atomic E-state index is -0.414. The molecular weight excluding hydrogens is 438 g/mol. The van der Waals surface area contributed by atoms with Crippen LogP contribution < -0.4 is 5.32 Å². The van der Waals surface area contributed by atoms with Crippen LogP contribution in [0.5, 0.6) is 0 Å². The van der Waals surface area contributed by atoms with E-state index in [9.17, 15) is 9.59 Å². The Labute approximate surface area is 213 Å². The minimum absolute atomic E-state index is 0.111. The van der Waals surface area contributed by atoms with E-state index < -0.39 is 6.04 Å². The van der Waals surface area contributed by atoms with E-state index in [0.717, 1.165) is 83.5 Å². The number of ether oxygens (including phenoxy) is 1. The maximum absolute atomic E-state index is 14.0. The van der Waals surface area contributed by atoms with Crippen LogP contribution in [0.15, 0.2) is 0 Å². The van der Waals surface area contributed by atoms with Gasteiger partial charge in [0.1, 0.15) is 6.04 Å². The zero-order valence-electron chi connectivity index (χ0n) is 22.6. The molecule has 0 aromatic carbocycles. The quantitative estimate of drug-likeness (QED) is 0.618. The summed E-state index contributed by atoms with van der Waals surface area (Å²) in [6.07, 6.45) is 15.7.